The molecule has 4 rings (SSSR count). The van der Waals surface area contributed by atoms with Gasteiger partial charge in [-0.05, 0) is 47.0 Å². The van der Waals surface area contributed by atoms with Crippen molar-refractivity contribution in [3.63, 3.8) is 0 Å². The number of fused-ring (bicyclic) bond motifs is 1. The third-order valence-electron chi connectivity index (χ3n) is 3.73. The fraction of sp³-hybridized carbons (Fsp3) is 0.267. The summed E-state index contributed by atoms with van der Waals surface area (Å²) in [5.41, 5.74) is 3.13. The lowest BCUT2D eigenvalue weighted by atomic mass is 10.3. The minimum atomic E-state index is 0.580. The first kappa shape index (κ1) is 12.8. The lowest BCUT2D eigenvalue weighted by Crippen LogP contribution is -1.96. The van der Waals surface area contributed by atoms with Crippen LogP contribution in [0.2, 0.25) is 0 Å². The second kappa shape index (κ2) is 4.80. The Hall–Kier alpha value is -1.95. The summed E-state index contributed by atoms with van der Waals surface area (Å²) in [5.74, 6) is 2.42. The number of nitrogens with one attached hydrogen (secondary N) is 1. The maximum Gasteiger partial charge on any atom is 0.227 e. The smallest absolute Gasteiger partial charge is 0.227 e. The normalized spacial score (nSPS) is 14.6. The maximum atomic E-state index is 4.77. The summed E-state index contributed by atoms with van der Waals surface area (Å²) in [7, 11) is 2.09. The van der Waals surface area contributed by atoms with Gasteiger partial charge in [-0.3, -0.25) is 0 Å². The van der Waals surface area contributed by atoms with E-state index in [1.54, 1.807) is 12.4 Å². The molecule has 21 heavy (non-hydrogen) atoms. The van der Waals surface area contributed by atoms with Gasteiger partial charge in [-0.1, -0.05) is 0 Å². The standard InChI is InChI=1S/C15H14BrN5/c1-21-13-5-4-11(19-15-17-7-10(16)8-18-15)6-12(13)20-14(21)9-2-3-9/h4-9H,2-3H2,1H3,(H,17,18,19). The van der Waals surface area contributed by atoms with E-state index in [9.17, 15) is 0 Å². The van der Waals surface area contributed by atoms with Gasteiger partial charge < -0.3 is 9.88 Å². The van der Waals surface area contributed by atoms with Crippen molar-refractivity contribution >= 4 is 38.6 Å². The molecule has 1 aliphatic rings. The second-order valence-electron chi connectivity index (χ2n) is 5.36. The van der Waals surface area contributed by atoms with Crippen molar-refractivity contribution in [3.05, 3.63) is 40.9 Å². The minimum absolute atomic E-state index is 0.580. The lowest BCUT2D eigenvalue weighted by molar-refractivity contribution is 0.820. The molecule has 0 spiro atoms. The number of imidazole rings is 1. The van der Waals surface area contributed by atoms with E-state index in [1.165, 1.54) is 24.2 Å². The molecule has 2 heterocycles. The Morgan fingerprint density at radius 2 is 2.00 bits per heavy atom. The van der Waals surface area contributed by atoms with Crippen LogP contribution in [0.15, 0.2) is 35.1 Å². The number of hydrogen-bond donors (Lipinski definition) is 1. The van der Waals surface area contributed by atoms with Crippen molar-refractivity contribution in [2.45, 2.75) is 18.8 Å². The average molecular weight is 344 g/mol. The van der Waals surface area contributed by atoms with Crippen LogP contribution in [0.4, 0.5) is 11.6 Å². The predicted molar refractivity (Wildman–Crippen MR) is 85.7 cm³/mol. The fourth-order valence-electron chi connectivity index (χ4n) is 2.51. The van der Waals surface area contributed by atoms with Crippen molar-refractivity contribution in [2.75, 3.05) is 5.32 Å². The van der Waals surface area contributed by atoms with Gasteiger partial charge in [-0.25, -0.2) is 15.0 Å². The van der Waals surface area contributed by atoms with E-state index in [-0.39, 0.29) is 0 Å². The summed E-state index contributed by atoms with van der Waals surface area (Å²) < 4.78 is 3.06. The Morgan fingerprint density at radius 1 is 1.24 bits per heavy atom. The predicted octanol–water partition coefficient (Wildman–Crippen LogP) is 3.75. The number of aromatic nitrogens is 4. The monoisotopic (exact) mass is 343 g/mol. The molecular formula is C15H14BrN5. The zero-order chi connectivity index (χ0) is 14.4. The average Bonchev–Trinajstić information content (AvgIpc) is 3.27. The summed E-state index contributed by atoms with van der Waals surface area (Å²) >= 11 is 3.33. The van der Waals surface area contributed by atoms with E-state index in [0.717, 1.165) is 15.7 Å². The molecule has 0 saturated heterocycles. The minimum Gasteiger partial charge on any atom is -0.331 e. The molecule has 1 saturated carbocycles. The largest absolute Gasteiger partial charge is 0.331 e. The Bertz CT molecular complexity index is 805. The SMILES string of the molecule is Cn1c(C2CC2)nc2cc(Nc3ncc(Br)cn3)ccc21. The topological polar surface area (TPSA) is 55.6 Å². The van der Waals surface area contributed by atoms with Crippen LogP contribution < -0.4 is 5.32 Å². The number of anilines is 2. The molecular weight excluding hydrogens is 330 g/mol. The lowest BCUT2D eigenvalue weighted by Gasteiger charge is -2.04. The maximum absolute atomic E-state index is 4.77. The van der Waals surface area contributed by atoms with Crippen LogP contribution in [0.5, 0.6) is 0 Å². The van der Waals surface area contributed by atoms with Gasteiger partial charge >= 0.3 is 0 Å². The summed E-state index contributed by atoms with van der Waals surface area (Å²) in [6.07, 6.45) is 5.96. The van der Waals surface area contributed by atoms with Crippen LogP contribution in [0.25, 0.3) is 11.0 Å². The van der Waals surface area contributed by atoms with Crippen molar-refractivity contribution in [3.8, 4) is 0 Å². The van der Waals surface area contributed by atoms with Crippen LogP contribution in [-0.4, -0.2) is 19.5 Å². The van der Waals surface area contributed by atoms with Crippen molar-refractivity contribution in [1.82, 2.24) is 19.5 Å². The highest BCUT2D eigenvalue weighted by Crippen LogP contribution is 2.40. The highest BCUT2D eigenvalue weighted by Gasteiger charge is 2.28. The third kappa shape index (κ3) is 2.40. The van der Waals surface area contributed by atoms with Crippen molar-refractivity contribution < 1.29 is 0 Å². The Balaban J connectivity index is 1.68. The summed E-state index contributed by atoms with van der Waals surface area (Å²) in [5, 5.41) is 3.20. The molecule has 0 unspecified atom stereocenters. The molecule has 3 aromatic rings. The first-order valence-corrected chi connectivity index (χ1v) is 7.71. The molecule has 0 radical (unpaired) electrons. The molecule has 0 bridgehead atoms. The van der Waals surface area contributed by atoms with E-state index in [1.807, 2.05) is 12.1 Å². The van der Waals surface area contributed by atoms with Crippen LogP contribution in [-0.2, 0) is 7.05 Å². The second-order valence-corrected chi connectivity index (χ2v) is 6.27. The van der Waals surface area contributed by atoms with E-state index >= 15 is 0 Å². The summed E-state index contributed by atoms with van der Waals surface area (Å²) in [4.78, 5) is 13.2. The zero-order valence-electron chi connectivity index (χ0n) is 11.5. The molecule has 0 amide bonds. The van der Waals surface area contributed by atoms with Gasteiger partial charge in [0.2, 0.25) is 5.95 Å². The van der Waals surface area contributed by atoms with E-state index < -0.39 is 0 Å². The van der Waals surface area contributed by atoms with E-state index in [4.69, 9.17) is 4.98 Å². The number of nitrogens with zero attached hydrogens (tertiary/aromatic N) is 4. The number of benzene rings is 1. The molecule has 0 atom stereocenters. The fourth-order valence-corrected chi connectivity index (χ4v) is 2.71. The number of hydrogen-bond acceptors (Lipinski definition) is 4. The molecule has 106 valence electrons. The molecule has 0 aliphatic heterocycles. The van der Waals surface area contributed by atoms with Gasteiger partial charge in [-0.15, -0.1) is 0 Å². The van der Waals surface area contributed by atoms with Gasteiger partial charge in [0.15, 0.2) is 0 Å². The van der Waals surface area contributed by atoms with Gasteiger partial charge in [0.05, 0.1) is 15.5 Å². The highest BCUT2D eigenvalue weighted by molar-refractivity contribution is 9.10. The summed E-state index contributed by atoms with van der Waals surface area (Å²) in [6, 6.07) is 6.17. The number of rotatable bonds is 3. The number of halogens is 1. The molecule has 5 nitrogen and oxygen atoms in total. The summed E-state index contributed by atoms with van der Waals surface area (Å²) in [6.45, 7) is 0. The molecule has 1 aromatic carbocycles. The highest BCUT2D eigenvalue weighted by atomic mass is 79.9. The number of aryl methyl sites for hydroxylation is 1. The molecule has 6 heteroatoms. The first-order chi connectivity index (χ1) is 10.2. The Kier molecular flexibility index (Phi) is 2.92. The van der Waals surface area contributed by atoms with Gasteiger partial charge in [0.1, 0.15) is 5.82 Å². The van der Waals surface area contributed by atoms with Gasteiger partial charge in [0, 0.05) is 31.0 Å². The molecule has 1 aliphatic carbocycles. The van der Waals surface area contributed by atoms with Crippen LogP contribution in [0, 0.1) is 0 Å². The van der Waals surface area contributed by atoms with Crippen molar-refractivity contribution in [1.29, 1.82) is 0 Å². The van der Waals surface area contributed by atoms with Gasteiger partial charge in [-0.2, -0.15) is 0 Å². The van der Waals surface area contributed by atoms with Gasteiger partial charge in [0.25, 0.3) is 0 Å². The molecule has 1 fully saturated rings. The molecule has 1 N–H and O–H groups in total. The van der Waals surface area contributed by atoms with E-state index in [0.29, 0.717) is 11.9 Å². The first-order valence-electron chi connectivity index (χ1n) is 6.91. The quantitative estimate of drug-likeness (QED) is 0.786. The Morgan fingerprint density at radius 3 is 2.71 bits per heavy atom. The van der Waals surface area contributed by atoms with E-state index in [2.05, 4.69) is 48.9 Å². The van der Waals surface area contributed by atoms with Crippen LogP contribution in [0.1, 0.15) is 24.6 Å². The van der Waals surface area contributed by atoms with Crippen molar-refractivity contribution in [2.24, 2.45) is 7.05 Å². The Labute approximate surface area is 130 Å². The molecule has 2 aromatic heterocycles. The third-order valence-corrected chi connectivity index (χ3v) is 4.14. The zero-order valence-corrected chi connectivity index (χ0v) is 13.1. The van der Waals surface area contributed by atoms with Crippen LogP contribution >= 0.6 is 15.9 Å². The van der Waals surface area contributed by atoms with Crippen LogP contribution in [0.3, 0.4) is 0 Å².